The van der Waals surface area contributed by atoms with Crippen LogP contribution in [0.3, 0.4) is 0 Å². The molecule has 3 heteroatoms. The lowest BCUT2D eigenvalue weighted by Gasteiger charge is -2.26. The van der Waals surface area contributed by atoms with Crippen molar-refractivity contribution < 1.29 is 4.74 Å². The van der Waals surface area contributed by atoms with Crippen molar-refractivity contribution in [3.05, 3.63) is 34.3 Å². The van der Waals surface area contributed by atoms with E-state index < -0.39 is 0 Å². The summed E-state index contributed by atoms with van der Waals surface area (Å²) in [6, 6.07) is 8.98. The summed E-state index contributed by atoms with van der Waals surface area (Å²) in [6.07, 6.45) is 6.97. The normalized spacial score (nSPS) is 18.1. The van der Waals surface area contributed by atoms with Gasteiger partial charge in [0.2, 0.25) is 0 Å². The van der Waals surface area contributed by atoms with E-state index in [4.69, 9.17) is 4.74 Å². The van der Waals surface area contributed by atoms with Crippen molar-refractivity contribution >= 4 is 15.9 Å². The molecule has 0 aromatic heterocycles. The molecule has 0 amide bonds. The van der Waals surface area contributed by atoms with Crippen LogP contribution < -0.4 is 5.32 Å². The first-order chi connectivity index (χ1) is 10.1. The van der Waals surface area contributed by atoms with Gasteiger partial charge in [0.25, 0.3) is 0 Å². The molecule has 0 aliphatic heterocycles. The Balaban J connectivity index is 1.94. The lowest BCUT2D eigenvalue weighted by atomic mass is 9.90. The Morgan fingerprint density at radius 2 is 2.00 bits per heavy atom. The molecule has 1 unspecified atom stereocenters. The lowest BCUT2D eigenvalue weighted by Crippen LogP contribution is -2.30. The van der Waals surface area contributed by atoms with Gasteiger partial charge in [0.15, 0.2) is 0 Å². The fraction of sp³-hybridized carbons (Fsp3) is 0.667. The first-order valence-corrected chi connectivity index (χ1v) is 9.05. The van der Waals surface area contributed by atoms with Gasteiger partial charge in [0.1, 0.15) is 0 Å². The minimum atomic E-state index is 0.145. The maximum Gasteiger partial charge on any atom is 0.0949 e. The highest BCUT2D eigenvalue weighted by atomic mass is 79.9. The van der Waals surface area contributed by atoms with Crippen LogP contribution in [0.15, 0.2) is 28.7 Å². The van der Waals surface area contributed by atoms with Crippen molar-refractivity contribution in [2.45, 2.75) is 58.1 Å². The standard InChI is InChI=1S/C18H28BrNO/c1-14(2)20-12-18(16-9-6-10-17(19)11-16)21-13-15-7-4-3-5-8-15/h6,9-11,14-15,18,20H,3-5,7-8,12-13H2,1-2H3. The molecule has 1 aliphatic carbocycles. The third-order valence-electron chi connectivity index (χ3n) is 4.19. The number of benzene rings is 1. The smallest absolute Gasteiger partial charge is 0.0949 e. The number of hydrogen-bond donors (Lipinski definition) is 1. The molecule has 21 heavy (non-hydrogen) atoms. The van der Waals surface area contributed by atoms with Crippen LogP contribution in [0.1, 0.15) is 57.6 Å². The van der Waals surface area contributed by atoms with Crippen LogP contribution in [0.25, 0.3) is 0 Å². The Labute approximate surface area is 137 Å². The van der Waals surface area contributed by atoms with E-state index in [0.29, 0.717) is 6.04 Å². The molecule has 0 bridgehead atoms. The molecule has 0 radical (unpaired) electrons. The number of ether oxygens (including phenoxy) is 1. The SMILES string of the molecule is CC(C)NCC(OCC1CCCCC1)c1cccc(Br)c1. The van der Waals surface area contributed by atoms with Gasteiger partial charge >= 0.3 is 0 Å². The average Bonchev–Trinajstić information content (AvgIpc) is 2.48. The van der Waals surface area contributed by atoms with Crippen molar-refractivity contribution in [3.63, 3.8) is 0 Å². The van der Waals surface area contributed by atoms with Crippen molar-refractivity contribution in [2.75, 3.05) is 13.2 Å². The zero-order valence-electron chi connectivity index (χ0n) is 13.3. The van der Waals surface area contributed by atoms with Crippen LogP contribution >= 0.6 is 15.9 Å². The van der Waals surface area contributed by atoms with Crippen LogP contribution in [0.2, 0.25) is 0 Å². The van der Waals surface area contributed by atoms with E-state index in [0.717, 1.165) is 23.5 Å². The topological polar surface area (TPSA) is 21.3 Å². The summed E-state index contributed by atoms with van der Waals surface area (Å²) in [4.78, 5) is 0. The molecular weight excluding hydrogens is 326 g/mol. The van der Waals surface area contributed by atoms with Gasteiger partial charge in [0, 0.05) is 17.1 Å². The maximum atomic E-state index is 6.29. The molecule has 118 valence electrons. The fourth-order valence-electron chi connectivity index (χ4n) is 2.93. The molecule has 2 nitrogen and oxygen atoms in total. The first-order valence-electron chi connectivity index (χ1n) is 8.25. The van der Waals surface area contributed by atoms with Gasteiger partial charge in [0.05, 0.1) is 12.7 Å². The first kappa shape index (κ1) is 17.0. The van der Waals surface area contributed by atoms with E-state index in [9.17, 15) is 0 Å². The summed E-state index contributed by atoms with van der Waals surface area (Å²) >= 11 is 3.56. The highest BCUT2D eigenvalue weighted by molar-refractivity contribution is 9.10. The predicted molar refractivity (Wildman–Crippen MR) is 92.5 cm³/mol. The van der Waals surface area contributed by atoms with Crippen LogP contribution in [-0.2, 0) is 4.74 Å². The van der Waals surface area contributed by atoms with Crippen LogP contribution in [0, 0.1) is 5.92 Å². The third kappa shape index (κ3) is 6.09. The van der Waals surface area contributed by atoms with Gasteiger partial charge in [-0.2, -0.15) is 0 Å². The summed E-state index contributed by atoms with van der Waals surface area (Å²) < 4.78 is 7.41. The number of hydrogen-bond acceptors (Lipinski definition) is 2. The van der Waals surface area contributed by atoms with Gasteiger partial charge in [-0.25, -0.2) is 0 Å². The third-order valence-corrected chi connectivity index (χ3v) is 4.68. The molecule has 1 atom stereocenters. The molecule has 1 saturated carbocycles. The molecule has 1 aromatic carbocycles. The van der Waals surface area contributed by atoms with E-state index in [-0.39, 0.29) is 6.10 Å². The van der Waals surface area contributed by atoms with E-state index in [1.54, 1.807) is 0 Å². The summed E-state index contributed by atoms with van der Waals surface area (Å²) in [5.41, 5.74) is 1.26. The predicted octanol–water partition coefficient (Wildman–Crippen LogP) is 5.09. The molecule has 2 rings (SSSR count). The molecule has 0 saturated heterocycles. The zero-order chi connectivity index (χ0) is 15.1. The number of rotatable bonds is 7. The van der Waals surface area contributed by atoms with Crippen molar-refractivity contribution in [3.8, 4) is 0 Å². The van der Waals surface area contributed by atoms with Gasteiger partial charge in [-0.1, -0.05) is 61.2 Å². The van der Waals surface area contributed by atoms with Crippen molar-refractivity contribution in [1.29, 1.82) is 0 Å². The monoisotopic (exact) mass is 353 g/mol. The average molecular weight is 354 g/mol. The highest BCUT2D eigenvalue weighted by Crippen LogP contribution is 2.27. The van der Waals surface area contributed by atoms with Crippen molar-refractivity contribution in [1.82, 2.24) is 5.32 Å². The van der Waals surface area contributed by atoms with Gasteiger partial charge < -0.3 is 10.1 Å². The van der Waals surface area contributed by atoms with Crippen LogP contribution in [0.4, 0.5) is 0 Å². The Morgan fingerprint density at radius 3 is 2.67 bits per heavy atom. The summed E-state index contributed by atoms with van der Waals surface area (Å²) in [7, 11) is 0. The quantitative estimate of drug-likeness (QED) is 0.737. The Kier molecular flexibility index (Phi) is 7.21. The summed E-state index contributed by atoms with van der Waals surface area (Å²) in [5.74, 6) is 0.757. The summed E-state index contributed by atoms with van der Waals surface area (Å²) in [5, 5.41) is 3.51. The molecule has 1 fully saturated rings. The highest BCUT2D eigenvalue weighted by Gasteiger charge is 2.18. The van der Waals surface area contributed by atoms with E-state index in [2.05, 4.69) is 59.4 Å². The molecule has 0 spiro atoms. The number of nitrogens with one attached hydrogen (secondary N) is 1. The van der Waals surface area contributed by atoms with E-state index in [1.165, 1.54) is 37.7 Å². The Hall–Kier alpha value is -0.380. The molecule has 1 N–H and O–H groups in total. The van der Waals surface area contributed by atoms with E-state index in [1.807, 2.05) is 0 Å². The summed E-state index contributed by atoms with van der Waals surface area (Å²) in [6.45, 7) is 6.13. The second-order valence-corrected chi connectivity index (χ2v) is 7.36. The Morgan fingerprint density at radius 1 is 1.24 bits per heavy atom. The van der Waals surface area contributed by atoms with Crippen molar-refractivity contribution in [2.24, 2.45) is 5.92 Å². The van der Waals surface area contributed by atoms with Crippen LogP contribution in [0.5, 0.6) is 0 Å². The lowest BCUT2D eigenvalue weighted by molar-refractivity contribution is 0.0190. The molecule has 1 aliphatic rings. The molecule has 0 heterocycles. The number of halogens is 1. The molecular formula is C18H28BrNO. The minimum absolute atomic E-state index is 0.145. The van der Waals surface area contributed by atoms with Gasteiger partial charge in [-0.3, -0.25) is 0 Å². The Bertz CT molecular complexity index is 415. The zero-order valence-corrected chi connectivity index (χ0v) is 14.9. The maximum absolute atomic E-state index is 6.29. The second kappa shape index (κ2) is 8.92. The van der Waals surface area contributed by atoms with Crippen LogP contribution in [-0.4, -0.2) is 19.2 Å². The molecule has 1 aromatic rings. The van der Waals surface area contributed by atoms with Gasteiger partial charge in [-0.15, -0.1) is 0 Å². The fourth-order valence-corrected chi connectivity index (χ4v) is 3.35. The second-order valence-electron chi connectivity index (χ2n) is 6.44. The van der Waals surface area contributed by atoms with E-state index >= 15 is 0 Å². The van der Waals surface area contributed by atoms with Gasteiger partial charge in [-0.05, 0) is 36.5 Å². The largest absolute Gasteiger partial charge is 0.372 e. The minimum Gasteiger partial charge on any atom is -0.372 e.